The van der Waals surface area contributed by atoms with E-state index < -0.39 is 0 Å². The van der Waals surface area contributed by atoms with E-state index in [0.29, 0.717) is 0 Å². The predicted octanol–water partition coefficient (Wildman–Crippen LogP) is 5.41. The molecule has 0 saturated heterocycles. The van der Waals surface area contributed by atoms with Crippen molar-refractivity contribution in [3.05, 3.63) is 0 Å². The quantitative estimate of drug-likeness (QED) is 0.595. The average molecular weight is 313 g/mol. The van der Waals surface area contributed by atoms with E-state index in [1.807, 2.05) is 0 Å². The largest absolute Gasteiger partial charge is 0.388 e. The van der Waals surface area contributed by atoms with Crippen LogP contribution in [0.15, 0.2) is 0 Å². The molecule has 0 aliphatic heterocycles. The molecule has 0 aromatic rings. The summed E-state index contributed by atoms with van der Waals surface area (Å²) in [4.78, 5) is 0. The summed E-state index contributed by atoms with van der Waals surface area (Å²) in [6, 6.07) is 0. The zero-order chi connectivity index (χ0) is 16.5. The minimum atomic E-state index is 1.08. The van der Waals surface area contributed by atoms with E-state index >= 15 is 0 Å². The Morgan fingerprint density at radius 2 is 0.864 bits per heavy atom. The number of hydrogen-bond donors (Lipinski definition) is 0. The molecule has 0 aromatic carbocycles. The van der Waals surface area contributed by atoms with Crippen molar-refractivity contribution in [2.24, 2.45) is 35.5 Å². The molecule has 0 aromatic heterocycles. The van der Waals surface area contributed by atoms with Gasteiger partial charge in [-0.05, 0) is 74.0 Å². The van der Waals surface area contributed by atoms with Gasteiger partial charge >= 0.3 is 0 Å². The normalized spacial score (nSPS) is 40.1. The number of hydrogen-bond acceptors (Lipinski definition) is 2. The van der Waals surface area contributed by atoms with Gasteiger partial charge in [-0.2, -0.15) is 0 Å². The molecule has 4 aliphatic rings. The molecule has 0 N–H and O–H groups in total. The van der Waals surface area contributed by atoms with E-state index in [-0.39, 0.29) is 0 Å². The molecule has 132 valence electrons. The van der Waals surface area contributed by atoms with Crippen LogP contribution in [-0.4, -0.2) is 28.4 Å². The summed E-state index contributed by atoms with van der Waals surface area (Å²) in [6.45, 7) is 4.84. The summed E-state index contributed by atoms with van der Waals surface area (Å²) in [5.74, 6) is 6.73. The fraction of sp³-hybridized carbons (Fsp3) is 1.00. The second-order valence-electron chi connectivity index (χ2n) is 8.12. The van der Waals surface area contributed by atoms with Gasteiger partial charge in [0.25, 0.3) is 0 Å². The van der Waals surface area contributed by atoms with Crippen LogP contribution in [0.1, 0.15) is 65.2 Å². The summed E-state index contributed by atoms with van der Waals surface area (Å²) in [7, 11) is 6.50. The fourth-order valence-corrected chi connectivity index (χ4v) is 5.13. The lowest BCUT2D eigenvalue weighted by atomic mass is 9.91. The summed E-state index contributed by atoms with van der Waals surface area (Å²) < 4.78 is 8.50. The van der Waals surface area contributed by atoms with E-state index in [4.69, 9.17) is 0 Å². The molecule has 6 atom stereocenters. The first-order chi connectivity index (χ1) is 10.5. The van der Waals surface area contributed by atoms with E-state index in [0.717, 1.165) is 35.5 Å². The van der Waals surface area contributed by atoms with Gasteiger partial charge in [0.1, 0.15) is 0 Å². The first-order valence-corrected chi connectivity index (χ1v) is 9.35. The second kappa shape index (κ2) is 10.6. The van der Waals surface area contributed by atoms with E-state index in [1.54, 1.807) is 79.8 Å². The number of methoxy groups -OCH3 is 2. The second-order valence-corrected chi connectivity index (χ2v) is 8.12. The van der Waals surface area contributed by atoms with Crippen molar-refractivity contribution in [1.82, 2.24) is 0 Å². The van der Waals surface area contributed by atoms with Crippen molar-refractivity contribution >= 4 is 0 Å². The third-order valence-electron chi connectivity index (χ3n) is 6.18. The standard InChI is InChI=1S/2C8H14.2C2H6O/c2*1-6-4-7-2-3-8(6)5-7;2*1-3-2/h2*6-8H,2-5H2,1H3;2*1-2H3. The predicted molar refractivity (Wildman–Crippen MR) is 95.1 cm³/mol. The van der Waals surface area contributed by atoms with Crippen LogP contribution >= 0.6 is 0 Å². The smallest absolute Gasteiger partial charge is 0.0351 e. The van der Waals surface area contributed by atoms with Gasteiger partial charge in [-0.25, -0.2) is 0 Å². The third-order valence-corrected chi connectivity index (χ3v) is 6.18. The molecule has 22 heavy (non-hydrogen) atoms. The maximum Gasteiger partial charge on any atom is 0.0351 e. The summed E-state index contributed by atoms with van der Waals surface area (Å²) in [5, 5.41) is 0. The number of fused-ring (bicyclic) bond motifs is 4. The lowest BCUT2D eigenvalue weighted by Gasteiger charge is -2.15. The molecule has 4 rings (SSSR count). The van der Waals surface area contributed by atoms with Crippen LogP contribution in [0, 0.1) is 35.5 Å². The Hall–Kier alpha value is -0.0800. The molecular weight excluding hydrogens is 272 g/mol. The van der Waals surface area contributed by atoms with Crippen molar-refractivity contribution in [3.8, 4) is 0 Å². The Labute approximate surface area is 139 Å². The summed E-state index contributed by atoms with van der Waals surface area (Å²) in [6.07, 6.45) is 12.4. The van der Waals surface area contributed by atoms with E-state index in [1.165, 1.54) is 0 Å². The van der Waals surface area contributed by atoms with Crippen molar-refractivity contribution in [2.75, 3.05) is 28.4 Å². The number of ether oxygens (including phenoxy) is 2. The van der Waals surface area contributed by atoms with Gasteiger partial charge < -0.3 is 9.47 Å². The Morgan fingerprint density at radius 3 is 0.955 bits per heavy atom. The molecule has 4 aliphatic carbocycles. The molecule has 4 saturated carbocycles. The highest BCUT2D eigenvalue weighted by atomic mass is 16.5. The van der Waals surface area contributed by atoms with Gasteiger partial charge in [0.05, 0.1) is 0 Å². The van der Waals surface area contributed by atoms with Crippen molar-refractivity contribution < 1.29 is 9.47 Å². The Morgan fingerprint density at radius 1 is 0.545 bits per heavy atom. The van der Waals surface area contributed by atoms with Crippen LogP contribution < -0.4 is 0 Å². The highest BCUT2D eigenvalue weighted by Gasteiger charge is 2.37. The van der Waals surface area contributed by atoms with Gasteiger partial charge in [-0.15, -0.1) is 0 Å². The molecule has 2 nitrogen and oxygen atoms in total. The third kappa shape index (κ3) is 6.20. The van der Waals surface area contributed by atoms with Crippen LogP contribution in [0.4, 0.5) is 0 Å². The van der Waals surface area contributed by atoms with Gasteiger partial charge in [0.15, 0.2) is 0 Å². The zero-order valence-corrected chi connectivity index (χ0v) is 15.9. The Bertz CT molecular complexity index is 247. The number of rotatable bonds is 0. The van der Waals surface area contributed by atoms with Crippen LogP contribution in [-0.2, 0) is 9.47 Å². The molecule has 0 heterocycles. The first-order valence-electron chi connectivity index (χ1n) is 9.35. The topological polar surface area (TPSA) is 18.5 Å². The highest BCUT2D eigenvalue weighted by Crippen LogP contribution is 2.48. The molecule has 0 amide bonds. The van der Waals surface area contributed by atoms with Crippen LogP contribution in [0.25, 0.3) is 0 Å². The lowest BCUT2D eigenvalue weighted by molar-refractivity contribution is 0.277. The Balaban J connectivity index is 0.000000165. The minimum Gasteiger partial charge on any atom is -0.388 e. The molecule has 4 fully saturated rings. The first kappa shape index (κ1) is 20.0. The average Bonchev–Trinajstić information content (AvgIpc) is 3.20. The lowest BCUT2D eigenvalue weighted by Crippen LogP contribution is -2.04. The summed E-state index contributed by atoms with van der Waals surface area (Å²) >= 11 is 0. The van der Waals surface area contributed by atoms with E-state index in [9.17, 15) is 0 Å². The monoisotopic (exact) mass is 312 g/mol. The molecule has 6 unspecified atom stereocenters. The molecular formula is C20H40O2. The molecule has 0 spiro atoms. The molecule has 0 radical (unpaired) electrons. The van der Waals surface area contributed by atoms with Crippen LogP contribution in [0.2, 0.25) is 0 Å². The highest BCUT2D eigenvalue weighted by molar-refractivity contribution is 4.88. The Kier molecular flexibility index (Phi) is 9.66. The van der Waals surface area contributed by atoms with Gasteiger partial charge in [0, 0.05) is 28.4 Å². The van der Waals surface area contributed by atoms with E-state index in [2.05, 4.69) is 23.3 Å². The minimum absolute atomic E-state index is 1.08. The molecule has 4 bridgehead atoms. The van der Waals surface area contributed by atoms with Crippen molar-refractivity contribution in [3.63, 3.8) is 0 Å². The van der Waals surface area contributed by atoms with Gasteiger partial charge in [-0.3, -0.25) is 0 Å². The SMILES string of the molecule is CC1CC2CCC1C2.CC1CC2CCC1C2.COC.COC. The maximum absolute atomic E-state index is 4.25. The maximum atomic E-state index is 4.25. The van der Waals surface area contributed by atoms with Gasteiger partial charge in [-0.1, -0.05) is 26.7 Å². The zero-order valence-electron chi connectivity index (χ0n) is 15.9. The molecule has 2 heteroatoms. The van der Waals surface area contributed by atoms with Crippen LogP contribution in [0.3, 0.4) is 0 Å². The van der Waals surface area contributed by atoms with Crippen LogP contribution in [0.5, 0.6) is 0 Å². The summed E-state index contributed by atoms with van der Waals surface area (Å²) in [5.41, 5.74) is 0. The van der Waals surface area contributed by atoms with Gasteiger partial charge in [0.2, 0.25) is 0 Å². The van der Waals surface area contributed by atoms with Crippen molar-refractivity contribution in [2.45, 2.75) is 65.2 Å². The van der Waals surface area contributed by atoms with Crippen molar-refractivity contribution in [1.29, 1.82) is 0 Å². The fourth-order valence-electron chi connectivity index (χ4n) is 5.13.